The van der Waals surface area contributed by atoms with Gasteiger partial charge >= 0.3 is 0 Å². The van der Waals surface area contributed by atoms with E-state index < -0.39 is 10.3 Å². The monoisotopic (exact) mass is 634 g/mol. The number of hydrogen-bond donors (Lipinski definition) is 1. The summed E-state index contributed by atoms with van der Waals surface area (Å²) in [6.45, 7) is 0. The van der Waals surface area contributed by atoms with Crippen LogP contribution in [-0.2, 0) is 15.1 Å². The van der Waals surface area contributed by atoms with Gasteiger partial charge in [0.25, 0.3) is 5.91 Å². The third-order valence-electron chi connectivity index (χ3n) is 10.7. The molecule has 45 heavy (non-hydrogen) atoms. The number of nitrogens with one attached hydrogen (secondary N) is 1. The fourth-order valence-electron chi connectivity index (χ4n) is 8.95. The number of fused-ring (bicyclic) bond motifs is 6. The molecular formula is C36H34N4O3S2. The molecule has 5 unspecified atom stereocenters. The lowest BCUT2D eigenvalue weighted by Crippen LogP contribution is -2.62. The van der Waals surface area contributed by atoms with Crippen LogP contribution in [0.1, 0.15) is 60.8 Å². The molecule has 6 aliphatic rings. The molecule has 9 heteroatoms. The van der Waals surface area contributed by atoms with E-state index in [1.165, 1.54) is 5.57 Å². The number of aliphatic imine (C=N–C) groups is 1. The Morgan fingerprint density at radius 1 is 0.911 bits per heavy atom. The van der Waals surface area contributed by atoms with Gasteiger partial charge in [-0.15, -0.1) is 11.8 Å². The summed E-state index contributed by atoms with van der Waals surface area (Å²) in [5, 5.41) is 3.98. The van der Waals surface area contributed by atoms with Crippen LogP contribution in [0.15, 0.2) is 95.1 Å². The van der Waals surface area contributed by atoms with Crippen LogP contribution in [0.25, 0.3) is 0 Å². The van der Waals surface area contributed by atoms with E-state index in [2.05, 4.69) is 52.7 Å². The van der Waals surface area contributed by atoms with Crippen molar-refractivity contribution in [2.75, 3.05) is 24.1 Å². The van der Waals surface area contributed by atoms with Crippen molar-refractivity contribution >= 4 is 46.2 Å². The van der Waals surface area contributed by atoms with Crippen molar-refractivity contribution in [1.82, 2.24) is 9.80 Å². The normalized spacial score (nSPS) is 31.9. The molecule has 0 aromatic heterocycles. The molecule has 3 aromatic rings. The predicted octanol–water partition coefficient (Wildman–Crippen LogP) is 6.66. The first-order valence-electron chi connectivity index (χ1n) is 15.9. The van der Waals surface area contributed by atoms with Gasteiger partial charge in [-0.1, -0.05) is 78.8 Å². The maximum atomic E-state index is 15.9. The first kappa shape index (κ1) is 27.8. The standard InChI is InChI=1S/C36H34N4O3S2/c1-43-24-18-16-22(17-19-24)30-29-20-44-21-39(29)35(26-13-8-9-15-28(26)37-32(35)41)36(30)33(42)40-31(23-10-4-2-5-11-23)25-12-6-3-7-14-27(25)38-34(40)45-36/h2,4-5,8-11,13,15-19,29-31H,3,6-7,12,14,20-21H2,1H3,(H,37,41). The summed E-state index contributed by atoms with van der Waals surface area (Å²) in [4.78, 5) is 40.4. The molecule has 2 spiro atoms. The van der Waals surface area contributed by atoms with Gasteiger partial charge < -0.3 is 10.1 Å². The molecule has 3 saturated heterocycles. The second kappa shape index (κ2) is 10.2. The Morgan fingerprint density at radius 2 is 1.69 bits per heavy atom. The Morgan fingerprint density at radius 3 is 2.51 bits per heavy atom. The zero-order valence-corrected chi connectivity index (χ0v) is 26.7. The summed E-state index contributed by atoms with van der Waals surface area (Å²) < 4.78 is 4.37. The molecule has 0 bridgehead atoms. The number of amides is 2. The van der Waals surface area contributed by atoms with Crippen molar-refractivity contribution < 1.29 is 14.3 Å². The van der Waals surface area contributed by atoms with E-state index in [0.717, 1.165) is 76.8 Å². The molecule has 3 fully saturated rings. The van der Waals surface area contributed by atoms with Crippen molar-refractivity contribution in [3.63, 3.8) is 0 Å². The van der Waals surface area contributed by atoms with Gasteiger partial charge in [0.15, 0.2) is 10.7 Å². The van der Waals surface area contributed by atoms with Gasteiger partial charge in [-0.25, -0.2) is 4.99 Å². The molecule has 5 heterocycles. The number of carbonyl (C=O) groups is 2. The quantitative estimate of drug-likeness (QED) is 0.348. The predicted molar refractivity (Wildman–Crippen MR) is 179 cm³/mol. The van der Waals surface area contributed by atoms with Crippen molar-refractivity contribution in [3.8, 4) is 5.75 Å². The summed E-state index contributed by atoms with van der Waals surface area (Å²) in [5.41, 5.74) is 5.04. The van der Waals surface area contributed by atoms with Crippen LogP contribution in [0.3, 0.4) is 0 Å². The fraction of sp³-hybridized carbons (Fsp3) is 0.361. The minimum atomic E-state index is -1.19. The van der Waals surface area contributed by atoms with Gasteiger partial charge in [-0.3, -0.25) is 19.4 Å². The Labute approximate surface area is 271 Å². The third kappa shape index (κ3) is 3.57. The molecule has 1 N–H and O–H groups in total. The van der Waals surface area contributed by atoms with E-state index in [9.17, 15) is 4.79 Å². The highest BCUT2D eigenvalue weighted by Gasteiger charge is 2.82. The van der Waals surface area contributed by atoms with Gasteiger partial charge in [0, 0.05) is 40.5 Å². The summed E-state index contributed by atoms with van der Waals surface area (Å²) in [6.07, 6.45) is 5.20. The van der Waals surface area contributed by atoms with Crippen molar-refractivity contribution in [3.05, 3.63) is 107 Å². The van der Waals surface area contributed by atoms with E-state index in [1.54, 1.807) is 18.9 Å². The number of nitrogens with zero attached hydrogens (tertiary/aromatic N) is 3. The van der Waals surface area contributed by atoms with E-state index in [4.69, 9.17) is 9.73 Å². The number of thioether (sulfide) groups is 2. The smallest absolute Gasteiger partial charge is 0.251 e. The number of methoxy groups -OCH3 is 1. The van der Waals surface area contributed by atoms with Crippen LogP contribution in [-0.4, -0.2) is 56.3 Å². The van der Waals surface area contributed by atoms with Crippen molar-refractivity contribution in [1.29, 1.82) is 0 Å². The van der Waals surface area contributed by atoms with Crippen LogP contribution in [0.2, 0.25) is 0 Å². The number of anilines is 1. The second-order valence-corrected chi connectivity index (χ2v) is 15.0. The number of rotatable bonds is 3. The van der Waals surface area contributed by atoms with Crippen molar-refractivity contribution in [2.45, 2.75) is 60.4 Å². The van der Waals surface area contributed by atoms with Gasteiger partial charge in [0.2, 0.25) is 5.91 Å². The Bertz CT molecular complexity index is 1790. The lowest BCUT2D eigenvalue weighted by atomic mass is 9.70. The lowest BCUT2D eigenvalue weighted by Gasteiger charge is -2.43. The lowest BCUT2D eigenvalue weighted by molar-refractivity contribution is -0.139. The molecule has 3 aromatic carbocycles. The molecule has 5 aliphatic heterocycles. The van der Waals surface area contributed by atoms with Crippen LogP contribution in [0, 0.1) is 0 Å². The Hall–Kier alpha value is -3.53. The topological polar surface area (TPSA) is 74.2 Å². The molecule has 5 atom stereocenters. The van der Waals surface area contributed by atoms with E-state index in [0.29, 0.717) is 5.88 Å². The van der Waals surface area contributed by atoms with Crippen LogP contribution < -0.4 is 10.1 Å². The summed E-state index contributed by atoms with van der Waals surface area (Å²) in [7, 11) is 1.67. The zero-order chi connectivity index (χ0) is 30.3. The number of amidine groups is 1. The average molecular weight is 635 g/mol. The Balaban J connectivity index is 1.32. The maximum Gasteiger partial charge on any atom is 0.251 e. The highest BCUT2D eigenvalue weighted by atomic mass is 32.2. The molecule has 0 saturated carbocycles. The molecule has 9 rings (SSSR count). The van der Waals surface area contributed by atoms with E-state index in [1.807, 2.05) is 53.1 Å². The Kier molecular flexibility index (Phi) is 6.31. The van der Waals surface area contributed by atoms with E-state index in [-0.39, 0.29) is 29.8 Å². The number of ether oxygens (including phenoxy) is 1. The molecule has 7 nitrogen and oxygen atoms in total. The largest absolute Gasteiger partial charge is 0.497 e. The average Bonchev–Trinajstić information content (AvgIpc) is 3.74. The zero-order valence-electron chi connectivity index (χ0n) is 25.1. The molecule has 2 amide bonds. The van der Waals surface area contributed by atoms with Crippen molar-refractivity contribution in [2.24, 2.45) is 4.99 Å². The maximum absolute atomic E-state index is 15.9. The third-order valence-corrected chi connectivity index (χ3v) is 13.3. The van der Waals surface area contributed by atoms with E-state index >= 15 is 4.79 Å². The van der Waals surface area contributed by atoms with Gasteiger partial charge in [0.1, 0.15) is 10.5 Å². The SMILES string of the molecule is COc1ccc(C2C3CSCN3C3(C(=O)Nc4ccccc43)C23SC2=NC4=C(CCCCC4)C(c4ccccc4)N2C3=O)cc1. The van der Waals surface area contributed by atoms with Gasteiger partial charge in [-0.2, -0.15) is 0 Å². The minimum absolute atomic E-state index is 0.0111. The first-order valence-corrected chi connectivity index (χ1v) is 17.8. The number of para-hydroxylation sites is 1. The second-order valence-electron chi connectivity index (χ2n) is 12.8. The molecule has 1 aliphatic carbocycles. The number of allylic oxidation sites excluding steroid dienone is 1. The van der Waals surface area contributed by atoms with Crippen LogP contribution >= 0.6 is 23.5 Å². The number of hydrogen-bond acceptors (Lipinski definition) is 7. The first-order chi connectivity index (χ1) is 22.1. The molecule has 228 valence electrons. The highest BCUT2D eigenvalue weighted by molar-refractivity contribution is 8.16. The summed E-state index contributed by atoms with van der Waals surface area (Å²) >= 11 is 3.40. The van der Waals surface area contributed by atoms with Gasteiger partial charge in [0.05, 0.1) is 13.2 Å². The van der Waals surface area contributed by atoms with Crippen LogP contribution in [0.5, 0.6) is 5.75 Å². The summed E-state index contributed by atoms with van der Waals surface area (Å²) in [5.74, 6) is 1.91. The molecule has 0 radical (unpaired) electrons. The van der Waals surface area contributed by atoms with Crippen LogP contribution in [0.4, 0.5) is 5.69 Å². The number of carbonyl (C=O) groups excluding carboxylic acids is 2. The highest BCUT2D eigenvalue weighted by Crippen LogP contribution is 2.71. The minimum Gasteiger partial charge on any atom is -0.497 e. The number of benzene rings is 3. The summed E-state index contributed by atoms with van der Waals surface area (Å²) in [6, 6.07) is 26.3. The van der Waals surface area contributed by atoms with Gasteiger partial charge in [-0.05, 0) is 60.6 Å². The molecular weight excluding hydrogens is 601 g/mol. The fourth-order valence-corrected chi connectivity index (χ4v) is 12.1.